The molecular formula is C21H16ClN3O2. The van der Waals surface area contributed by atoms with Gasteiger partial charge in [0, 0.05) is 34.2 Å². The molecule has 134 valence electrons. The Morgan fingerprint density at radius 3 is 2.70 bits per heavy atom. The monoisotopic (exact) mass is 377 g/mol. The molecule has 0 aliphatic carbocycles. The van der Waals surface area contributed by atoms with Crippen molar-refractivity contribution in [1.82, 2.24) is 9.88 Å². The van der Waals surface area contributed by atoms with E-state index in [2.05, 4.69) is 11.9 Å². The van der Waals surface area contributed by atoms with E-state index < -0.39 is 11.9 Å². The highest BCUT2D eigenvalue weighted by Crippen LogP contribution is 2.27. The molecule has 1 aliphatic heterocycles. The number of nitrogens with one attached hydrogen (secondary N) is 1. The van der Waals surface area contributed by atoms with Gasteiger partial charge in [-0.2, -0.15) is 0 Å². The Balaban J connectivity index is 1.75. The fraction of sp³-hybridized carbons (Fsp3) is 0.0476. The second-order valence-corrected chi connectivity index (χ2v) is 6.59. The maximum Gasteiger partial charge on any atom is 0.333 e. The average Bonchev–Trinajstić information content (AvgIpc) is 3.13. The van der Waals surface area contributed by atoms with E-state index in [1.165, 1.54) is 0 Å². The molecule has 0 spiro atoms. The number of para-hydroxylation sites is 1. The summed E-state index contributed by atoms with van der Waals surface area (Å²) in [5.74, 6) is -0.414. The van der Waals surface area contributed by atoms with E-state index in [-0.39, 0.29) is 5.70 Å². The van der Waals surface area contributed by atoms with Gasteiger partial charge in [-0.1, -0.05) is 41.9 Å². The third-order valence-corrected chi connectivity index (χ3v) is 4.62. The topological polar surface area (TPSA) is 54.3 Å². The molecule has 3 amide bonds. The van der Waals surface area contributed by atoms with Gasteiger partial charge in [-0.05, 0) is 30.3 Å². The van der Waals surface area contributed by atoms with Crippen molar-refractivity contribution in [3.05, 3.63) is 83.7 Å². The molecule has 1 fully saturated rings. The number of nitrogens with zero attached hydrogens (tertiary/aromatic N) is 2. The minimum atomic E-state index is -0.497. The van der Waals surface area contributed by atoms with E-state index in [1.54, 1.807) is 30.3 Å². The first-order valence-corrected chi connectivity index (χ1v) is 8.78. The normalized spacial score (nSPS) is 15.6. The standard InChI is InChI=1S/C21H16ClN3O2/c1-2-10-24-13-14(17-8-3-4-9-19(17)24)11-18-20(26)25(21(27)23-18)16-7-5-6-15(22)12-16/h2-9,11-13H,1,10H2,(H,23,27). The van der Waals surface area contributed by atoms with E-state index in [1.807, 2.05) is 41.1 Å². The zero-order chi connectivity index (χ0) is 19.0. The maximum absolute atomic E-state index is 12.8. The van der Waals surface area contributed by atoms with Gasteiger partial charge in [-0.25, -0.2) is 9.69 Å². The van der Waals surface area contributed by atoms with Gasteiger partial charge in [0.1, 0.15) is 5.70 Å². The molecule has 0 bridgehead atoms. The molecule has 1 aromatic heterocycles. The van der Waals surface area contributed by atoms with Crippen LogP contribution in [-0.4, -0.2) is 16.5 Å². The van der Waals surface area contributed by atoms with Gasteiger partial charge >= 0.3 is 6.03 Å². The minimum Gasteiger partial charge on any atom is -0.343 e. The molecule has 0 atom stereocenters. The van der Waals surface area contributed by atoms with Gasteiger partial charge in [-0.3, -0.25) is 4.79 Å². The minimum absolute atomic E-state index is 0.224. The van der Waals surface area contributed by atoms with Crippen molar-refractivity contribution < 1.29 is 9.59 Å². The number of imide groups is 1. The van der Waals surface area contributed by atoms with Crippen molar-refractivity contribution in [1.29, 1.82) is 0 Å². The zero-order valence-corrected chi connectivity index (χ0v) is 15.1. The van der Waals surface area contributed by atoms with Gasteiger partial charge < -0.3 is 9.88 Å². The van der Waals surface area contributed by atoms with Gasteiger partial charge in [0.2, 0.25) is 0 Å². The third-order valence-electron chi connectivity index (χ3n) is 4.39. The Morgan fingerprint density at radius 2 is 1.93 bits per heavy atom. The number of hydrogen-bond acceptors (Lipinski definition) is 2. The Bertz CT molecular complexity index is 1110. The second-order valence-electron chi connectivity index (χ2n) is 6.15. The van der Waals surface area contributed by atoms with Crippen molar-refractivity contribution >= 4 is 46.2 Å². The van der Waals surface area contributed by atoms with Crippen LogP contribution >= 0.6 is 11.6 Å². The van der Waals surface area contributed by atoms with Crippen molar-refractivity contribution in [3.8, 4) is 0 Å². The maximum atomic E-state index is 12.8. The lowest BCUT2D eigenvalue weighted by atomic mass is 10.1. The molecule has 0 unspecified atom stereocenters. The largest absolute Gasteiger partial charge is 0.343 e. The number of allylic oxidation sites excluding steroid dienone is 1. The summed E-state index contributed by atoms with van der Waals surface area (Å²) >= 11 is 5.99. The Kier molecular flexibility index (Phi) is 4.30. The van der Waals surface area contributed by atoms with Crippen LogP contribution in [0.5, 0.6) is 0 Å². The number of anilines is 1. The molecule has 1 saturated heterocycles. The molecule has 0 radical (unpaired) electrons. The number of fused-ring (bicyclic) bond motifs is 1. The number of urea groups is 1. The van der Waals surface area contributed by atoms with E-state index in [9.17, 15) is 9.59 Å². The summed E-state index contributed by atoms with van der Waals surface area (Å²) in [7, 11) is 0. The van der Waals surface area contributed by atoms with Crippen LogP contribution in [0.2, 0.25) is 5.02 Å². The summed E-state index contributed by atoms with van der Waals surface area (Å²) in [5.41, 5.74) is 2.54. The predicted molar refractivity (Wildman–Crippen MR) is 108 cm³/mol. The highest BCUT2D eigenvalue weighted by molar-refractivity contribution is 6.32. The predicted octanol–water partition coefficient (Wildman–Crippen LogP) is 4.58. The molecular weight excluding hydrogens is 362 g/mol. The number of benzene rings is 2. The first kappa shape index (κ1) is 17.1. The number of amides is 3. The van der Waals surface area contributed by atoms with Crippen LogP contribution in [0.3, 0.4) is 0 Å². The molecule has 3 aromatic rings. The van der Waals surface area contributed by atoms with Crippen LogP contribution in [0.4, 0.5) is 10.5 Å². The molecule has 1 N–H and O–H groups in total. The smallest absolute Gasteiger partial charge is 0.333 e. The highest BCUT2D eigenvalue weighted by Gasteiger charge is 2.35. The lowest BCUT2D eigenvalue weighted by Crippen LogP contribution is -2.30. The summed E-state index contributed by atoms with van der Waals surface area (Å²) in [6.07, 6.45) is 5.46. The number of carbonyl (C=O) groups is 2. The number of aromatic nitrogens is 1. The molecule has 2 heterocycles. The summed E-state index contributed by atoms with van der Waals surface area (Å²) < 4.78 is 2.05. The Morgan fingerprint density at radius 1 is 1.11 bits per heavy atom. The second kappa shape index (κ2) is 6.78. The Hall–Kier alpha value is -3.31. The first-order valence-electron chi connectivity index (χ1n) is 8.40. The number of carbonyl (C=O) groups excluding carboxylic acids is 2. The van der Waals surface area contributed by atoms with Crippen molar-refractivity contribution in [2.24, 2.45) is 0 Å². The van der Waals surface area contributed by atoms with Crippen LogP contribution in [0.15, 0.2) is 73.1 Å². The molecule has 0 saturated carbocycles. The van der Waals surface area contributed by atoms with E-state index in [0.717, 1.165) is 21.4 Å². The fourth-order valence-electron chi connectivity index (χ4n) is 3.22. The first-order chi connectivity index (χ1) is 13.1. The highest BCUT2D eigenvalue weighted by atomic mass is 35.5. The SMILES string of the molecule is C=CCn1cc(C=C2NC(=O)N(c3cccc(Cl)c3)C2=O)c2ccccc21. The molecule has 5 nitrogen and oxygen atoms in total. The Labute approximate surface area is 161 Å². The summed E-state index contributed by atoms with van der Waals surface area (Å²) in [4.78, 5) is 26.3. The number of rotatable bonds is 4. The third kappa shape index (κ3) is 3.02. The molecule has 2 aromatic carbocycles. The lowest BCUT2D eigenvalue weighted by Gasteiger charge is -2.11. The van der Waals surface area contributed by atoms with Crippen LogP contribution in [0.1, 0.15) is 5.56 Å². The molecule has 6 heteroatoms. The van der Waals surface area contributed by atoms with Crippen LogP contribution < -0.4 is 10.2 Å². The average molecular weight is 378 g/mol. The van der Waals surface area contributed by atoms with Crippen molar-refractivity contribution in [2.75, 3.05) is 4.90 Å². The van der Waals surface area contributed by atoms with Crippen LogP contribution in [0.25, 0.3) is 17.0 Å². The van der Waals surface area contributed by atoms with E-state index >= 15 is 0 Å². The summed E-state index contributed by atoms with van der Waals surface area (Å²) in [6, 6.07) is 14.0. The quantitative estimate of drug-likeness (QED) is 0.411. The van der Waals surface area contributed by atoms with Crippen LogP contribution in [0, 0.1) is 0 Å². The van der Waals surface area contributed by atoms with Crippen LogP contribution in [-0.2, 0) is 11.3 Å². The number of halogens is 1. The number of hydrogen-bond donors (Lipinski definition) is 1. The summed E-state index contributed by atoms with van der Waals surface area (Å²) in [6.45, 7) is 4.43. The molecule has 27 heavy (non-hydrogen) atoms. The van der Waals surface area contributed by atoms with Gasteiger partial charge in [0.25, 0.3) is 5.91 Å². The van der Waals surface area contributed by atoms with Gasteiger partial charge in [-0.15, -0.1) is 6.58 Å². The molecule has 4 rings (SSSR count). The zero-order valence-electron chi connectivity index (χ0n) is 14.4. The fourth-order valence-corrected chi connectivity index (χ4v) is 3.41. The van der Waals surface area contributed by atoms with Gasteiger partial charge in [0.15, 0.2) is 0 Å². The van der Waals surface area contributed by atoms with E-state index in [4.69, 9.17) is 11.6 Å². The van der Waals surface area contributed by atoms with Crippen molar-refractivity contribution in [2.45, 2.75) is 6.54 Å². The van der Waals surface area contributed by atoms with Crippen molar-refractivity contribution in [3.63, 3.8) is 0 Å². The van der Waals surface area contributed by atoms with Gasteiger partial charge in [0.05, 0.1) is 5.69 Å². The summed E-state index contributed by atoms with van der Waals surface area (Å²) in [5, 5.41) is 4.10. The molecule has 1 aliphatic rings. The van der Waals surface area contributed by atoms with E-state index in [0.29, 0.717) is 17.3 Å². The lowest BCUT2D eigenvalue weighted by molar-refractivity contribution is -0.113.